The molecule has 0 saturated heterocycles. The maximum absolute atomic E-state index is 12.3. The molecule has 0 saturated carbocycles. The predicted octanol–water partition coefficient (Wildman–Crippen LogP) is 1.20. The van der Waals surface area contributed by atoms with Crippen LogP contribution in [0.2, 0.25) is 0 Å². The Morgan fingerprint density at radius 1 is 1.47 bits per heavy atom. The molecule has 19 heavy (non-hydrogen) atoms. The third-order valence-electron chi connectivity index (χ3n) is 3.32. The van der Waals surface area contributed by atoms with Crippen LogP contribution in [0.5, 0.6) is 0 Å². The first-order valence-electron chi connectivity index (χ1n) is 6.94. The van der Waals surface area contributed by atoms with Gasteiger partial charge in [0.15, 0.2) is 0 Å². The zero-order valence-electron chi connectivity index (χ0n) is 12.5. The van der Waals surface area contributed by atoms with E-state index in [0.29, 0.717) is 25.7 Å². The smallest absolute Gasteiger partial charge is 0.282 e. The van der Waals surface area contributed by atoms with Crippen LogP contribution < -0.4 is 5.32 Å². The van der Waals surface area contributed by atoms with Crippen LogP contribution in [-0.4, -0.2) is 56.3 Å². The highest BCUT2D eigenvalue weighted by molar-refractivity contribution is 7.86. The molecule has 0 aromatic heterocycles. The fourth-order valence-corrected chi connectivity index (χ4v) is 3.31. The van der Waals surface area contributed by atoms with Gasteiger partial charge in [-0.15, -0.1) is 0 Å². The van der Waals surface area contributed by atoms with Crippen LogP contribution in [0, 0.1) is 0 Å². The van der Waals surface area contributed by atoms with Crippen molar-refractivity contribution in [3.63, 3.8) is 0 Å². The van der Waals surface area contributed by atoms with Crippen molar-refractivity contribution in [3.05, 3.63) is 11.6 Å². The molecular weight excluding hydrogens is 262 g/mol. The lowest BCUT2D eigenvalue weighted by atomic mass is 10.1. The lowest BCUT2D eigenvalue weighted by molar-refractivity contribution is 0.366. The largest absolute Gasteiger partial charge is 0.314 e. The van der Waals surface area contributed by atoms with Crippen molar-refractivity contribution < 1.29 is 8.42 Å². The average molecular weight is 289 g/mol. The van der Waals surface area contributed by atoms with Crippen LogP contribution in [0.4, 0.5) is 0 Å². The molecule has 0 fully saturated rings. The fraction of sp³-hybridized carbons (Fsp3) is 0.846. The molecule has 1 aliphatic rings. The molecule has 0 aromatic rings. The van der Waals surface area contributed by atoms with Crippen LogP contribution in [0.1, 0.15) is 33.6 Å². The molecule has 112 valence electrons. The summed E-state index contributed by atoms with van der Waals surface area (Å²) in [5, 5.41) is 3.29. The molecule has 1 N–H and O–H groups in total. The van der Waals surface area contributed by atoms with Crippen molar-refractivity contribution in [2.75, 3.05) is 33.2 Å². The minimum atomic E-state index is -3.29. The van der Waals surface area contributed by atoms with Gasteiger partial charge in [0.05, 0.1) is 0 Å². The summed E-state index contributed by atoms with van der Waals surface area (Å²) < 4.78 is 27.7. The Kier molecular flexibility index (Phi) is 6.46. The van der Waals surface area contributed by atoms with E-state index in [2.05, 4.69) is 19.2 Å². The van der Waals surface area contributed by atoms with Crippen molar-refractivity contribution in [1.29, 1.82) is 0 Å². The molecule has 1 heterocycles. The van der Waals surface area contributed by atoms with Crippen LogP contribution in [0.25, 0.3) is 0 Å². The first kappa shape index (κ1) is 16.6. The molecule has 6 heteroatoms. The maximum Gasteiger partial charge on any atom is 0.282 e. The van der Waals surface area contributed by atoms with Gasteiger partial charge >= 0.3 is 0 Å². The van der Waals surface area contributed by atoms with Crippen molar-refractivity contribution in [2.24, 2.45) is 0 Å². The quantitative estimate of drug-likeness (QED) is 0.566. The monoisotopic (exact) mass is 289 g/mol. The topological polar surface area (TPSA) is 52.7 Å². The van der Waals surface area contributed by atoms with E-state index in [1.165, 1.54) is 9.88 Å². The Hall–Kier alpha value is -0.430. The second-order valence-corrected chi connectivity index (χ2v) is 7.49. The number of hydrogen-bond donors (Lipinski definition) is 1. The molecule has 0 atom stereocenters. The highest BCUT2D eigenvalue weighted by Gasteiger charge is 2.27. The molecule has 1 aliphatic heterocycles. The lowest BCUT2D eigenvalue weighted by Crippen LogP contribution is -2.44. The van der Waals surface area contributed by atoms with Gasteiger partial charge in [-0.2, -0.15) is 17.0 Å². The standard InChI is InChI=1S/C13H27N3O2S/c1-12(2)14-8-5-9-15(4)19(17,18)16-10-6-13(3)7-11-16/h6,12,14H,5,7-11H2,1-4H3. The van der Waals surface area contributed by atoms with Crippen LogP contribution >= 0.6 is 0 Å². The Morgan fingerprint density at radius 2 is 2.16 bits per heavy atom. The summed E-state index contributed by atoms with van der Waals surface area (Å²) >= 11 is 0. The highest BCUT2D eigenvalue weighted by atomic mass is 32.2. The molecule has 0 aliphatic carbocycles. The summed E-state index contributed by atoms with van der Waals surface area (Å²) in [5.41, 5.74) is 1.27. The van der Waals surface area contributed by atoms with Gasteiger partial charge in [-0.1, -0.05) is 25.5 Å². The maximum atomic E-state index is 12.3. The number of nitrogens with zero attached hydrogens (tertiary/aromatic N) is 2. The van der Waals surface area contributed by atoms with Gasteiger partial charge < -0.3 is 5.32 Å². The predicted molar refractivity (Wildman–Crippen MR) is 79.3 cm³/mol. The normalized spacial score (nSPS) is 18.1. The van der Waals surface area contributed by atoms with Gasteiger partial charge in [0.2, 0.25) is 0 Å². The van der Waals surface area contributed by atoms with Crippen molar-refractivity contribution in [3.8, 4) is 0 Å². The van der Waals surface area contributed by atoms with E-state index >= 15 is 0 Å². The first-order chi connectivity index (χ1) is 8.84. The molecule has 0 amide bonds. The van der Waals surface area contributed by atoms with E-state index < -0.39 is 10.2 Å². The third kappa shape index (κ3) is 5.22. The lowest BCUT2D eigenvalue weighted by Gasteiger charge is -2.29. The summed E-state index contributed by atoms with van der Waals surface area (Å²) in [7, 11) is -1.63. The Bertz CT molecular complexity index is 404. The van der Waals surface area contributed by atoms with Crippen molar-refractivity contribution in [2.45, 2.75) is 39.7 Å². The van der Waals surface area contributed by atoms with E-state index in [1.807, 2.05) is 13.0 Å². The Balaban J connectivity index is 2.44. The third-order valence-corrected chi connectivity index (χ3v) is 5.28. The SMILES string of the molecule is CC1=CCN(S(=O)(=O)N(C)CCCNC(C)C)CC1. The van der Waals surface area contributed by atoms with E-state index in [4.69, 9.17) is 0 Å². The Morgan fingerprint density at radius 3 is 2.68 bits per heavy atom. The molecule has 0 radical (unpaired) electrons. The van der Waals surface area contributed by atoms with E-state index in [0.717, 1.165) is 19.4 Å². The first-order valence-corrected chi connectivity index (χ1v) is 8.34. The number of rotatable bonds is 7. The summed E-state index contributed by atoms with van der Waals surface area (Å²) in [5.74, 6) is 0. The number of hydrogen-bond acceptors (Lipinski definition) is 3. The van der Waals surface area contributed by atoms with Crippen LogP contribution in [0.3, 0.4) is 0 Å². The van der Waals surface area contributed by atoms with Crippen molar-refractivity contribution >= 4 is 10.2 Å². The zero-order valence-corrected chi connectivity index (χ0v) is 13.3. The molecule has 5 nitrogen and oxygen atoms in total. The molecule has 0 unspecified atom stereocenters. The second kappa shape index (κ2) is 7.38. The van der Waals surface area contributed by atoms with Gasteiger partial charge in [-0.25, -0.2) is 0 Å². The molecule has 0 bridgehead atoms. The Labute approximate surface area is 117 Å². The van der Waals surface area contributed by atoms with Crippen LogP contribution in [-0.2, 0) is 10.2 Å². The molecule has 1 rings (SSSR count). The fourth-order valence-electron chi connectivity index (χ4n) is 1.97. The summed E-state index contributed by atoms with van der Waals surface area (Å²) in [6.07, 6.45) is 3.66. The van der Waals surface area contributed by atoms with Gasteiger partial charge in [-0.3, -0.25) is 0 Å². The summed E-state index contributed by atoms with van der Waals surface area (Å²) in [6, 6.07) is 0.442. The van der Waals surface area contributed by atoms with E-state index in [9.17, 15) is 8.42 Å². The zero-order chi connectivity index (χ0) is 14.5. The minimum Gasteiger partial charge on any atom is -0.314 e. The van der Waals surface area contributed by atoms with Gasteiger partial charge in [0, 0.05) is 32.7 Å². The van der Waals surface area contributed by atoms with Gasteiger partial charge in [-0.05, 0) is 26.3 Å². The minimum absolute atomic E-state index is 0.442. The number of nitrogens with one attached hydrogen (secondary N) is 1. The molecule has 0 aromatic carbocycles. The van der Waals surface area contributed by atoms with Crippen LogP contribution in [0.15, 0.2) is 11.6 Å². The summed E-state index contributed by atoms with van der Waals surface area (Å²) in [6.45, 7) is 8.72. The van der Waals surface area contributed by atoms with E-state index in [-0.39, 0.29) is 0 Å². The molecule has 0 spiro atoms. The highest BCUT2D eigenvalue weighted by Crippen LogP contribution is 2.15. The summed E-state index contributed by atoms with van der Waals surface area (Å²) in [4.78, 5) is 0. The van der Waals surface area contributed by atoms with Crippen molar-refractivity contribution in [1.82, 2.24) is 13.9 Å². The second-order valence-electron chi connectivity index (χ2n) is 5.45. The van der Waals surface area contributed by atoms with E-state index in [1.54, 1.807) is 11.4 Å². The van der Waals surface area contributed by atoms with Gasteiger partial charge in [0.25, 0.3) is 10.2 Å². The average Bonchev–Trinajstić information content (AvgIpc) is 2.34. The van der Waals surface area contributed by atoms with Gasteiger partial charge in [0.1, 0.15) is 0 Å². The molecular formula is C13H27N3O2S.